The standard InChI is InChI=1S/C18H34O4/c1-4-15-22-18(20-3)14-12-10-8-6-5-7-9-11-13-16-21-17(2)19/h4,18H,1,5-16H2,2-3H3. The lowest BCUT2D eigenvalue weighted by Crippen LogP contribution is -2.15. The molecule has 0 saturated heterocycles. The molecule has 4 nitrogen and oxygen atoms in total. The Kier molecular flexibility index (Phi) is 15.8. The zero-order valence-electron chi connectivity index (χ0n) is 14.5. The Balaban J connectivity index is 3.19. The summed E-state index contributed by atoms with van der Waals surface area (Å²) in [4.78, 5) is 10.6. The lowest BCUT2D eigenvalue weighted by Gasteiger charge is -2.14. The monoisotopic (exact) mass is 314 g/mol. The largest absolute Gasteiger partial charge is 0.466 e. The van der Waals surface area contributed by atoms with Crippen LogP contribution in [0.3, 0.4) is 0 Å². The lowest BCUT2D eigenvalue weighted by molar-refractivity contribution is -0.141. The molecule has 0 aliphatic rings. The van der Waals surface area contributed by atoms with Crippen LogP contribution in [-0.2, 0) is 19.0 Å². The van der Waals surface area contributed by atoms with E-state index >= 15 is 0 Å². The molecule has 0 aliphatic carbocycles. The summed E-state index contributed by atoms with van der Waals surface area (Å²) < 4.78 is 15.6. The molecular formula is C18H34O4. The van der Waals surface area contributed by atoms with Crippen LogP contribution < -0.4 is 0 Å². The number of hydrogen-bond donors (Lipinski definition) is 0. The van der Waals surface area contributed by atoms with Crippen LogP contribution in [0.1, 0.15) is 71.1 Å². The number of esters is 1. The molecule has 0 saturated carbocycles. The van der Waals surface area contributed by atoms with Gasteiger partial charge in [0.2, 0.25) is 0 Å². The van der Waals surface area contributed by atoms with E-state index in [1.54, 1.807) is 13.2 Å². The van der Waals surface area contributed by atoms with E-state index in [2.05, 4.69) is 6.58 Å². The van der Waals surface area contributed by atoms with E-state index in [-0.39, 0.29) is 12.3 Å². The molecule has 0 heterocycles. The van der Waals surface area contributed by atoms with E-state index in [0.717, 1.165) is 25.7 Å². The van der Waals surface area contributed by atoms with Crippen LogP contribution >= 0.6 is 0 Å². The molecule has 0 bridgehead atoms. The smallest absolute Gasteiger partial charge is 0.302 e. The predicted octanol–water partition coefficient (Wildman–Crippen LogP) is 4.63. The van der Waals surface area contributed by atoms with E-state index in [1.165, 1.54) is 45.4 Å². The Bertz CT molecular complexity index is 266. The Morgan fingerprint density at radius 1 is 1.00 bits per heavy atom. The van der Waals surface area contributed by atoms with Gasteiger partial charge in [0.05, 0.1) is 13.2 Å². The van der Waals surface area contributed by atoms with E-state index < -0.39 is 0 Å². The van der Waals surface area contributed by atoms with E-state index in [1.807, 2.05) is 0 Å². The van der Waals surface area contributed by atoms with Gasteiger partial charge in [-0.3, -0.25) is 4.79 Å². The second-order valence-electron chi connectivity index (χ2n) is 5.60. The predicted molar refractivity (Wildman–Crippen MR) is 89.7 cm³/mol. The van der Waals surface area contributed by atoms with Crippen molar-refractivity contribution in [1.29, 1.82) is 0 Å². The van der Waals surface area contributed by atoms with Crippen molar-refractivity contribution in [2.24, 2.45) is 0 Å². The SMILES string of the molecule is C=CCOC(CCCCCCCCCCCOC(C)=O)OC. The zero-order chi connectivity index (χ0) is 16.5. The molecule has 1 atom stereocenters. The van der Waals surface area contributed by atoms with Gasteiger partial charge in [-0.05, 0) is 19.3 Å². The third kappa shape index (κ3) is 15.5. The van der Waals surface area contributed by atoms with Gasteiger partial charge < -0.3 is 14.2 Å². The van der Waals surface area contributed by atoms with Crippen LogP contribution in [0.15, 0.2) is 12.7 Å². The van der Waals surface area contributed by atoms with Crippen molar-refractivity contribution in [1.82, 2.24) is 0 Å². The minimum Gasteiger partial charge on any atom is -0.466 e. The van der Waals surface area contributed by atoms with Gasteiger partial charge in [-0.1, -0.05) is 51.0 Å². The van der Waals surface area contributed by atoms with Gasteiger partial charge in [0, 0.05) is 14.0 Å². The molecule has 0 amide bonds. The van der Waals surface area contributed by atoms with E-state index in [9.17, 15) is 4.79 Å². The maximum absolute atomic E-state index is 10.6. The van der Waals surface area contributed by atoms with Gasteiger partial charge in [-0.15, -0.1) is 6.58 Å². The third-order valence-corrected chi connectivity index (χ3v) is 3.55. The highest BCUT2D eigenvalue weighted by Gasteiger charge is 2.05. The highest BCUT2D eigenvalue weighted by atomic mass is 16.7. The first-order valence-corrected chi connectivity index (χ1v) is 8.59. The molecule has 0 N–H and O–H groups in total. The van der Waals surface area contributed by atoms with Gasteiger partial charge in [-0.2, -0.15) is 0 Å². The van der Waals surface area contributed by atoms with Gasteiger partial charge in [0.15, 0.2) is 6.29 Å². The molecule has 0 fully saturated rings. The second kappa shape index (κ2) is 16.5. The summed E-state index contributed by atoms with van der Waals surface area (Å²) in [7, 11) is 1.69. The molecule has 130 valence electrons. The number of methoxy groups -OCH3 is 1. The second-order valence-corrected chi connectivity index (χ2v) is 5.60. The van der Waals surface area contributed by atoms with Gasteiger partial charge in [0.25, 0.3) is 0 Å². The molecule has 22 heavy (non-hydrogen) atoms. The van der Waals surface area contributed by atoms with Gasteiger partial charge in [-0.25, -0.2) is 0 Å². The fourth-order valence-electron chi connectivity index (χ4n) is 2.31. The number of unbranched alkanes of at least 4 members (excludes halogenated alkanes) is 8. The van der Waals surface area contributed by atoms with Crippen molar-refractivity contribution in [3.05, 3.63) is 12.7 Å². The van der Waals surface area contributed by atoms with Crippen LogP contribution in [-0.4, -0.2) is 32.6 Å². The fraction of sp³-hybridized carbons (Fsp3) is 0.833. The maximum atomic E-state index is 10.6. The number of hydrogen-bond acceptors (Lipinski definition) is 4. The summed E-state index contributed by atoms with van der Waals surface area (Å²) in [5.74, 6) is -0.175. The normalized spacial score (nSPS) is 12.1. The summed E-state index contributed by atoms with van der Waals surface area (Å²) in [5.41, 5.74) is 0. The first-order chi connectivity index (χ1) is 10.7. The molecular weight excluding hydrogens is 280 g/mol. The van der Waals surface area contributed by atoms with Crippen LogP contribution in [0.2, 0.25) is 0 Å². The third-order valence-electron chi connectivity index (χ3n) is 3.55. The highest BCUT2D eigenvalue weighted by molar-refractivity contribution is 5.65. The van der Waals surface area contributed by atoms with Crippen molar-refractivity contribution in [2.45, 2.75) is 77.4 Å². The van der Waals surface area contributed by atoms with Gasteiger partial charge >= 0.3 is 5.97 Å². The number of carbonyl (C=O) groups is 1. The summed E-state index contributed by atoms with van der Waals surface area (Å²) >= 11 is 0. The molecule has 1 unspecified atom stereocenters. The topological polar surface area (TPSA) is 44.8 Å². The molecule has 0 aromatic carbocycles. The molecule has 4 heteroatoms. The molecule has 0 rings (SSSR count). The van der Waals surface area contributed by atoms with Crippen molar-refractivity contribution < 1.29 is 19.0 Å². The Morgan fingerprint density at radius 2 is 1.55 bits per heavy atom. The summed E-state index contributed by atoms with van der Waals surface area (Å²) in [6.45, 7) is 6.22. The molecule has 0 spiro atoms. The van der Waals surface area contributed by atoms with E-state index in [0.29, 0.717) is 13.2 Å². The van der Waals surface area contributed by atoms with Crippen LogP contribution in [0, 0.1) is 0 Å². The van der Waals surface area contributed by atoms with Crippen molar-refractivity contribution in [2.75, 3.05) is 20.3 Å². The Morgan fingerprint density at radius 3 is 2.05 bits per heavy atom. The Hall–Kier alpha value is -0.870. The highest BCUT2D eigenvalue weighted by Crippen LogP contribution is 2.12. The first-order valence-electron chi connectivity index (χ1n) is 8.59. The summed E-state index contributed by atoms with van der Waals surface area (Å²) in [5, 5.41) is 0. The lowest BCUT2D eigenvalue weighted by atomic mass is 10.1. The van der Waals surface area contributed by atoms with Crippen molar-refractivity contribution in [3.8, 4) is 0 Å². The number of rotatable bonds is 16. The van der Waals surface area contributed by atoms with Crippen LogP contribution in [0.5, 0.6) is 0 Å². The Labute approximate surface area is 136 Å². The molecule has 0 aliphatic heterocycles. The minimum absolute atomic E-state index is 0.0878. The first kappa shape index (κ1) is 21.1. The van der Waals surface area contributed by atoms with Crippen molar-refractivity contribution >= 4 is 5.97 Å². The molecule has 0 aromatic rings. The number of carbonyl (C=O) groups excluding carboxylic acids is 1. The fourth-order valence-corrected chi connectivity index (χ4v) is 2.31. The summed E-state index contributed by atoms with van der Waals surface area (Å²) in [6.07, 6.45) is 13.6. The van der Waals surface area contributed by atoms with Gasteiger partial charge in [0.1, 0.15) is 0 Å². The number of ether oxygens (including phenoxy) is 3. The minimum atomic E-state index is -0.175. The van der Waals surface area contributed by atoms with Crippen molar-refractivity contribution in [3.63, 3.8) is 0 Å². The van der Waals surface area contributed by atoms with Crippen LogP contribution in [0.4, 0.5) is 0 Å². The van der Waals surface area contributed by atoms with E-state index in [4.69, 9.17) is 14.2 Å². The average molecular weight is 314 g/mol. The average Bonchev–Trinajstić information content (AvgIpc) is 2.51. The molecule has 0 aromatic heterocycles. The van der Waals surface area contributed by atoms with Crippen LogP contribution in [0.25, 0.3) is 0 Å². The maximum Gasteiger partial charge on any atom is 0.302 e. The zero-order valence-corrected chi connectivity index (χ0v) is 14.5. The summed E-state index contributed by atoms with van der Waals surface area (Å²) in [6, 6.07) is 0. The quantitative estimate of drug-likeness (QED) is 0.180. The molecule has 0 radical (unpaired) electrons.